The Bertz CT molecular complexity index is 780. The first kappa shape index (κ1) is 16.4. The minimum absolute atomic E-state index is 0.132. The molecule has 0 unspecified atom stereocenters. The molecule has 1 saturated carbocycles. The lowest BCUT2D eigenvalue weighted by Gasteiger charge is -2.34. The molecule has 2 aliphatic carbocycles. The van der Waals surface area contributed by atoms with Gasteiger partial charge in [0.05, 0.1) is 5.71 Å². The number of rotatable bonds is 2. The summed E-state index contributed by atoms with van der Waals surface area (Å²) >= 11 is 0. The van der Waals surface area contributed by atoms with Crippen LogP contribution < -0.4 is 0 Å². The Morgan fingerprint density at radius 2 is 1.76 bits per heavy atom. The lowest BCUT2D eigenvalue weighted by atomic mass is 9.75. The standard InChI is InChI=1S/C22H28N2O/c1-22(2)14-19(23-25)18-13-20(16-9-5-3-6-10-16)24(21(18)15-22)17-11-7-4-8-12-17/h3,5-6,9-10,13,17,25H,4,7-8,11-12,14-15H2,1-2H3/b23-19-. The van der Waals surface area contributed by atoms with Crippen molar-refractivity contribution in [2.75, 3.05) is 0 Å². The first-order valence-electron chi connectivity index (χ1n) is 9.60. The molecule has 132 valence electrons. The molecule has 0 amide bonds. The van der Waals surface area contributed by atoms with Crippen LogP contribution in [-0.2, 0) is 6.42 Å². The normalized spacial score (nSPS) is 22.1. The SMILES string of the molecule is CC1(C)C/C(=N/O)c2cc(-c3ccccc3)n(C3CCCCC3)c2C1. The number of hydrogen-bond acceptors (Lipinski definition) is 2. The van der Waals surface area contributed by atoms with E-state index in [-0.39, 0.29) is 5.41 Å². The molecule has 3 heteroatoms. The molecule has 2 aromatic rings. The van der Waals surface area contributed by atoms with E-state index in [2.05, 4.69) is 60.0 Å². The summed E-state index contributed by atoms with van der Waals surface area (Å²) in [6.45, 7) is 4.56. The third-order valence-electron chi connectivity index (χ3n) is 5.88. The van der Waals surface area contributed by atoms with Crippen molar-refractivity contribution in [2.45, 2.75) is 64.8 Å². The van der Waals surface area contributed by atoms with Crippen LogP contribution in [-0.4, -0.2) is 15.5 Å². The molecule has 0 radical (unpaired) electrons. The van der Waals surface area contributed by atoms with Gasteiger partial charge in [-0.25, -0.2) is 0 Å². The van der Waals surface area contributed by atoms with E-state index in [1.807, 2.05) is 0 Å². The van der Waals surface area contributed by atoms with Gasteiger partial charge in [-0.3, -0.25) is 0 Å². The number of aromatic nitrogens is 1. The third-order valence-corrected chi connectivity index (χ3v) is 5.88. The quantitative estimate of drug-likeness (QED) is 0.545. The van der Waals surface area contributed by atoms with E-state index in [9.17, 15) is 5.21 Å². The predicted molar refractivity (Wildman–Crippen MR) is 102 cm³/mol. The summed E-state index contributed by atoms with van der Waals surface area (Å²) in [5.74, 6) is 0. The van der Waals surface area contributed by atoms with Crippen LogP contribution in [0.2, 0.25) is 0 Å². The minimum atomic E-state index is 0.132. The molecule has 0 bridgehead atoms. The lowest BCUT2D eigenvalue weighted by Crippen LogP contribution is -2.29. The van der Waals surface area contributed by atoms with Crippen molar-refractivity contribution in [3.63, 3.8) is 0 Å². The fourth-order valence-electron chi connectivity index (χ4n) is 4.74. The van der Waals surface area contributed by atoms with Gasteiger partial charge in [0.1, 0.15) is 0 Å². The highest BCUT2D eigenvalue weighted by molar-refractivity contribution is 6.03. The zero-order valence-corrected chi connectivity index (χ0v) is 15.3. The molecule has 4 rings (SSSR count). The highest BCUT2D eigenvalue weighted by Gasteiger charge is 2.35. The van der Waals surface area contributed by atoms with E-state index >= 15 is 0 Å². The maximum absolute atomic E-state index is 9.63. The second kappa shape index (κ2) is 6.36. The van der Waals surface area contributed by atoms with E-state index in [0.29, 0.717) is 6.04 Å². The number of nitrogens with zero attached hydrogens (tertiary/aromatic N) is 2. The van der Waals surface area contributed by atoms with Crippen LogP contribution >= 0.6 is 0 Å². The molecule has 0 aliphatic heterocycles. The van der Waals surface area contributed by atoms with E-state index in [4.69, 9.17) is 0 Å². The van der Waals surface area contributed by atoms with Crippen LogP contribution in [0.25, 0.3) is 11.3 Å². The van der Waals surface area contributed by atoms with Gasteiger partial charge in [-0.2, -0.15) is 0 Å². The Kier molecular flexibility index (Phi) is 4.18. The molecule has 1 aromatic carbocycles. The van der Waals surface area contributed by atoms with Gasteiger partial charge in [-0.05, 0) is 42.7 Å². The van der Waals surface area contributed by atoms with Crippen LogP contribution in [0.15, 0.2) is 41.6 Å². The maximum Gasteiger partial charge on any atom is 0.0891 e. The van der Waals surface area contributed by atoms with Crippen molar-refractivity contribution < 1.29 is 5.21 Å². The molecule has 1 fully saturated rings. The van der Waals surface area contributed by atoms with E-state index in [0.717, 1.165) is 24.1 Å². The van der Waals surface area contributed by atoms with Crippen LogP contribution in [0.1, 0.15) is 69.7 Å². The van der Waals surface area contributed by atoms with Gasteiger partial charge < -0.3 is 9.77 Å². The predicted octanol–water partition coefficient (Wildman–Crippen LogP) is 5.81. The summed E-state index contributed by atoms with van der Waals surface area (Å²) in [5.41, 5.74) is 6.06. The average molecular weight is 336 g/mol. The maximum atomic E-state index is 9.63. The molecule has 0 atom stereocenters. The number of benzene rings is 1. The lowest BCUT2D eigenvalue weighted by molar-refractivity contribution is 0.298. The summed E-state index contributed by atoms with van der Waals surface area (Å²) < 4.78 is 2.59. The van der Waals surface area contributed by atoms with Crippen molar-refractivity contribution in [2.24, 2.45) is 10.6 Å². The summed E-state index contributed by atoms with van der Waals surface area (Å²) in [7, 11) is 0. The van der Waals surface area contributed by atoms with E-state index in [1.54, 1.807) is 0 Å². The van der Waals surface area contributed by atoms with Gasteiger partial charge in [0.25, 0.3) is 0 Å². The second-order valence-corrected chi connectivity index (χ2v) is 8.48. The van der Waals surface area contributed by atoms with Crippen molar-refractivity contribution in [3.05, 3.63) is 47.7 Å². The molecule has 1 N–H and O–H groups in total. The first-order valence-corrected chi connectivity index (χ1v) is 9.60. The molecule has 2 aliphatic rings. The Morgan fingerprint density at radius 3 is 2.44 bits per heavy atom. The molecule has 1 aromatic heterocycles. The summed E-state index contributed by atoms with van der Waals surface area (Å²) in [6, 6.07) is 13.5. The second-order valence-electron chi connectivity index (χ2n) is 8.48. The van der Waals surface area contributed by atoms with Gasteiger partial charge in [0.2, 0.25) is 0 Å². The molecule has 0 spiro atoms. The zero-order valence-electron chi connectivity index (χ0n) is 15.3. The van der Waals surface area contributed by atoms with E-state index in [1.165, 1.54) is 49.1 Å². The van der Waals surface area contributed by atoms with Gasteiger partial charge in [-0.1, -0.05) is 68.6 Å². The smallest absolute Gasteiger partial charge is 0.0891 e. The topological polar surface area (TPSA) is 37.5 Å². The fourth-order valence-corrected chi connectivity index (χ4v) is 4.74. The molecule has 3 nitrogen and oxygen atoms in total. The Morgan fingerprint density at radius 1 is 1.04 bits per heavy atom. The Hall–Kier alpha value is -2.03. The monoisotopic (exact) mass is 336 g/mol. The van der Waals surface area contributed by atoms with Crippen LogP contribution in [0.3, 0.4) is 0 Å². The van der Waals surface area contributed by atoms with Crippen LogP contribution in [0, 0.1) is 5.41 Å². The largest absolute Gasteiger partial charge is 0.411 e. The highest BCUT2D eigenvalue weighted by atomic mass is 16.4. The number of oxime groups is 1. The molecule has 25 heavy (non-hydrogen) atoms. The third kappa shape index (κ3) is 3.01. The van der Waals surface area contributed by atoms with Crippen molar-refractivity contribution >= 4 is 5.71 Å². The van der Waals surface area contributed by atoms with Gasteiger partial charge in [-0.15, -0.1) is 0 Å². The highest BCUT2D eigenvalue weighted by Crippen LogP contribution is 2.43. The average Bonchev–Trinajstić information content (AvgIpc) is 3.00. The van der Waals surface area contributed by atoms with Gasteiger partial charge in [0.15, 0.2) is 0 Å². The molecular formula is C22H28N2O. The zero-order chi connectivity index (χ0) is 17.4. The molecule has 0 saturated heterocycles. The minimum Gasteiger partial charge on any atom is -0.411 e. The summed E-state index contributed by atoms with van der Waals surface area (Å²) in [5, 5.41) is 13.3. The summed E-state index contributed by atoms with van der Waals surface area (Å²) in [4.78, 5) is 0. The van der Waals surface area contributed by atoms with Crippen LogP contribution in [0.5, 0.6) is 0 Å². The van der Waals surface area contributed by atoms with E-state index < -0.39 is 0 Å². The fraction of sp³-hybridized carbons (Fsp3) is 0.500. The van der Waals surface area contributed by atoms with Crippen LogP contribution in [0.4, 0.5) is 0 Å². The van der Waals surface area contributed by atoms with Crippen molar-refractivity contribution in [3.8, 4) is 11.3 Å². The first-order chi connectivity index (χ1) is 12.1. The van der Waals surface area contributed by atoms with Gasteiger partial charge in [0, 0.05) is 23.0 Å². The van der Waals surface area contributed by atoms with Crippen molar-refractivity contribution in [1.82, 2.24) is 4.57 Å². The van der Waals surface area contributed by atoms with Gasteiger partial charge >= 0.3 is 0 Å². The number of hydrogen-bond donors (Lipinski definition) is 1. The summed E-state index contributed by atoms with van der Waals surface area (Å²) in [6.07, 6.45) is 8.38. The molecule has 1 heterocycles. The van der Waals surface area contributed by atoms with Crippen molar-refractivity contribution in [1.29, 1.82) is 0 Å². The Balaban J connectivity index is 1.91. The molecular weight excluding hydrogens is 308 g/mol. The Labute approximate surface area is 150 Å². The number of fused-ring (bicyclic) bond motifs is 1.